The van der Waals surface area contributed by atoms with Gasteiger partial charge in [0.1, 0.15) is 5.82 Å². The SMILES string of the molecule is COc1cc(Cc2cnc(N)nc2N)cc(OC)c1OC.O.O.O=C(O)C(=O)O. The molecule has 2 rings (SSSR count). The number of methoxy groups -OCH3 is 3. The molecular formula is C16H24N4O9. The van der Waals surface area contributed by atoms with Crippen LogP contribution in [0.4, 0.5) is 11.8 Å². The first-order valence-electron chi connectivity index (χ1n) is 7.35. The molecule has 0 atom stereocenters. The summed E-state index contributed by atoms with van der Waals surface area (Å²) in [5.74, 6) is -1.42. The van der Waals surface area contributed by atoms with Gasteiger partial charge in [0.15, 0.2) is 11.5 Å². The summed E-state index contributed by atoms with van der Waals surface area (Å²) in [7, 11) is 4.70. The number of aliphatic carboxylic acids is 2. The third-order valence-electron chi connectivity index (χ3n) is 3.22. The van der Waals surface area contributed by atoms with Gasteiger partial charge in [-0.15, -0.1) is 0 Å². The van der Waals surface area contributed by atoms with Crippen LogP contribution in [0.5, 0.6) is 17.2 Å². The molecule has 13 nitrogen and oxygen atoms in total. The largest absolute Gasteiger partial charge is 0.493 e. The molecule has 0 aliphatic heterocycles. The lowest BCUT2D eigenvalue weighted by molar-refractivity contribution is -0.159. The number of ether oxygens (including phenoxy) is 3. The Hall–Kier alpha value is -3.84. The van der Waals surface area contributed by atoms with Crippen LogP contribution < -0.4 is 25.7 Å². The Kier molecular flexibility index (Phi) is 11.8. The number of aromatic nitrogens is 2. The monoisotopic (exact) mass is 416 g/mol. The molecule has 162 valence electrons. The number of hydrogen-bond acceptors (Lipinski definition) is 9. The molecule has 13 heteroatoms. The maximum absolute atomic E-state index is 9.10. The van der Waals surface area contributed by atoms with E-state index in [0.717, 1.165) is 11.1 Å². The number of carbonyl (C=O) groups is 2. The Labute approximate surface area is 165 Å². The molecule has 2 aromatic rings. The first-order valence-corrected chi connectivity index (χ1v) is 7.35. The Bertz CT molecular complexity index is 793. The summed E-state index contributed by atoms with van der Waals surface area (Å²) >= 11 is 0. The van der Waals surface area contributed by atoms with Gasteiger partial charge in [-0.05, 0) is 17.7 Å². The number of anilines is 2. The van der Waals surface area contributed by atoms with Gasteiger partial charge in [-0.1, -0.05) is 0 Å². The minimum Gasteiger partial charge on any atom is -0.493 e. The predicted molar refractivity (Wildman–Crippen MR) is 102 cm³/mol. The van der Waals surface area contributed by atoms with Gasteiger partial charge in [-0.25, -0.2) is 14.6 Å². The number of hydrogen-bond donors (Lipinski definition) is 4. The van der Waals surface area contributed by atoms with Crippen LogP contribution in [0.25, 0.3) is 0 Å². The topological polar surface area (TPSA) is 243 Å². The molecule has 0 aliphatic carbocycles. The van der Waals surface area contributed by atoms with Crippen molar-refractivity contribution in [2.24, 2.45) is 0 Å². The van der Waals surface area contributed by atoms with Crippen LogP contribution in [0.2, 0.25) is 0 Å². The van der Waals surface area contributed by atoms with Crippen LogP contribution in [-0.4, -0.2) is 64.4 Å². The van der Waals surface area contributed by atoms with Crippen molar-refractivity contribution in [2.45, 2.75) is 6.42 Å². The number of benzene rings is 1. The van der Waals surface area contributed by atoms with E-state index in [0.29, 0.717) is 29.5 Å². The zero-order chi connectivity index (χ0) is 20.6. The molecule has 0 unspecified atom stereocenters. The van der Waals surface area contributed by atoms with Crippen LogP contribution >= 0.6 is 0 Å². The standard InChI is InChI=1S/C14H18N4O3.C2H2O4.2H2O/c1-19-10-5-8(6-11(20-2)12(10)21-3)4-9-7-17-14(16)18-13(9)15;3-1(4)2(5)6;;/h5-7H,4H2,1-3H3,(H4,15,16,17,18);(H,3,4)(H,5,6);2*1H2. The predicted octanol–water partition coefficient (Wildman–Crippen LogP) is -1.24. The van der Waals surface area contributed by atoms with Crippen LogP contribution in [0, 0.1) is 0 Å². The Morgan fingerprint density at radius 2 is 1.45 bits per heavy atom. The average molecular weight is 416 g/mol. The number of nitrogens with zero attached hydrogens (tertiary/aromatic N) is 2. The van der Waals surface area contributed by atoms with E-state index in [-0.39, 0.29) is 16.9 Å². The summed E-state index contributed by atoms with van der Waals surface area (Å²) in [6, 6.07) is 3.72. The molecule has 0 radical (unpaired) electrons. The van der Waals surface area contributed by atoms with E-state index in [9.17, 15) is 0 Å². The number of carboxylic acid groups (broad SMARTS) is 2. The van der Waals surface area contributed by atoms with Crippen molar-refractivity contribution in [2.75, 3.05) is 32.8 Å². The van der Waals surface area contributed by atoms with Crippen LogP contribution in [0.1, 0.15) is 11.1 Å². The lowest BCUT2D eigenvalue weighted by Crippen LogP contribution is -2.09. The van der Waals surface area contributed by atoms with E-state index in [1.165, 1.54) is 0 Å². The quantitative estimate of drug-likeness (QED) is 0.420. The second-order valence-electron chi connectivity index (χ2n) is 4.96. The van der Waals surface area contributed by atoms with Crippen molar-refractivity contribution < 1.29 is 45.0 Å². The van der Waals surface area contributed by atoms with E-state index < -0.39 is 11.9 Å². The number of nitrogen functional groups attached to an aromatic ring is 2. The van der Waals surface area contributed by atoms with Crippen LogP contribution in [-0.2, 0) is 16.0 Å². The molecule has 29 heavy (non-hydrogen) atoms. The van der Waals surface area contributed by atoms with Gasteiger partial charge in [0, 0.05) is 18.2 Å². The molecule has 0 fully saturated rings. The van der Waals surface area contributed by atoms with E-state index in [1.807, 2.05) is 12.1 Å². The number of carboxylic acids is 2. The van der Waals surface area contributed by atoms with Crippen molar-refractivity contribution in [3.8, 4) is 17.2 Å². The van der Waals surface area contributed by atoms with Gasteiger partial charge in [0.2, 0.25) is 11.7 Å². The fourth-order valence-electron chi connectivity index (χ4n) is 2.03. The Balaban J connectivity index is 0. The molecule has 0 spiro atoms. The van der Waals surface area contributed by atoms with Crippen molar-refractivity contribution >= 4 is 23.7 Å². The molecule has 0 saturated carbocycles. The second-order valence-corrected chi connectivity index (χ2v) is 4.96. The van der Waals surface area contributed by atoms with Crippen molar-refractivity contribution in [3.05, 3.63) is 29.5 Å². The second kappa shape index (κ2) is 12.5. The van der Waals surface area contributed by atoms with Gasteiger partial charge in [-0.2, -0.15) is 4.98 Å². The highest BCUT2D eigenvalue weighted by atomic mass is 16.5. The Morgan fingerprint density at radius 3 is 1.79 bits per heavy atom. The van der Waals surface area contributed by atoms with Gasteiger partial charge in [0.25, 0.3) is 0 Å². The third kappa shape index (κ3) is 7.74. The summed E-state index contributed by atoms with van der Waals surface area (Å²) in [6.45, 7) is 0. The van der Waals surface area contributed by atoms with Gasteiger partial charge in [-0.3, -0.25) is 0 Å². The van der Waals surface area contributed by atoms with Crippen molar-refractivity contribution in [1.82, 2.24) is 9.97 Å². The van der Waals surface area contributed by atoms with Gasteiger partial charge in [0.05, 0.1) is 21.3 Å². The summed E-state index contributed by atoms with van der Waals surface area (Å²) in [6.07, 6.45) is 2.14. The van der Waals surface area contributed by atoms with Crippen molar-refractivity contribution in [3.63, 3.8) is 0 Å². The van der Waals surface area contributed by atoms with Crippen LogP contribution in [0.3, 0.4) is 0 Å². The minimum atomic E-state index is -1.82. The zero-order valence-corrected chi connectivity index (χ0v) is 15.9. The zero-order valence-electron chi connectivity index (χ0n) is 15.9. The van der Waals surface area contributed by atoms with E-state index in [2.05, 4.69) is 9.97 Å². The highest BCUT2D eigenvalue weighted by Crippen LogP contribution is 2.38. The number of nitrogens with two attached hydrogens (primary N) is 2. The summed E-state index contributed by atoms with van der Waals surface area (Å²) in [5, 5.41) is 14.8. The molecule has 10 N–H and O–H groups in total. The first kappa shape index (κ1) is 27.4. The summed E-state index contributed by atoms with van der Waals surface area (Å²) in [5.41, 5.74) is 13.1. The van der Waals surface area contributed by atoms with E-state index >= 15 is 0 Å². The Morgan fingerprint density at radius 1 is 0.966 bits per heavy atom. The molecule has 1 heterocycles. The lowest BCUT2D eigenvalue weighted by atomic mass is 10.1. The first-order chi connectivity index (χ1) is 12.7. The van der Waals surface area contributed by atoms with E-state index in [1.54, 1.807) is 27.5 Å². The van der Waals surface area contributed by atoms with E-state index in [4.69, 9.17) is 45.5 Å². The summed E-state index contributed by atoms with van der Waals surface area (Å²) in [4.78, 5) is 26.1. The van der Waals surface area contributed by atoms with Gasteiger partial charge < -0.3 is 46.8 Å². The molecule has 0 aliphatic rings. The fourth-order valence-corrected chi connectivity index (χ4v) is 2.03. The molecule has 0 bridgehead atoms. The normalized spacial score (nSPS) is 8.93. The lowest BCUT2D eigenvalue weighted by Gasteiger charge is -2.14. The van der Waals surface area contributed by atoms with Crippen molar-refractivity contribution in [1.29, 1.82) is 0 Å². The highest BCUT2D eigenvalue weighted by Gasteiger charge is 2.14. The minimum absolute atomic E-state index is 0. The fraction of sp³-hybridized carbons (Fsp3) is 0.250. The molecule has 1 aromatic heterocycles. The summed E-state index contributed by atoms with van der Waals surface area (Å²) < 4.78 is 15.9. The molecule has 0 amide bonds. The molecule has 0 saturated heterocycles. The maximum atomic E-state index is 9.10. The smallest absolute Gasteiger partial charge is 0.414 e. The van der Waals surface area contributed by atoms with Crippen LogP contribution in [0.15, 0.2) is 18.3 Å². The molecular weight excluding hydrogens is 392 g/mol. The maximum Gasteiger partial charge on any atom is 0.414 e. The average Bonchev–Trinajstić information content (AvgIpc) is 2.63. The number of rotatable bonds is 5. The van der Waals surface area contributed by atoms with Gasteiger partial charge >= 0.3 is 11.9 Å². The highest BCUT2D eigenvalue weighted by molar-refractivity contribution is 6.27. The third-order valence-corrected chi connectivity index (χ3v) is 3.22. The molecule has 1 aromatic carbocycles.